The summed E-state index contributed by atoms with van der Waals surface area (Å²) in [7, 11) is 0. The Balaban J connectivity index is 0.908. The lowest BCUT2D eigenvalue weighted by molar-refractivity contribution is -0.137. The SMILES string of the molecule is CC1(C)CCC(CN2CCN(C3CCN(CCc4ccc5c(c4)CN(C4CCC(=O)NC4=O)C5=O)CC3(F)F)CC2)=C(c2ccc(Cl)cc2)C1. The zero-order valence-corrected chi connectivity index (χ0v) is 29.9. The number of allylic oxidation sites excluding steroid dienone is 1. The number of rotatable bonds is 8. The van der Waals surface area contributed by atoms with Gasteiger partial charge in [-0.05, 0) is 84.4 Å². The summed E-state index contributed by atoms with van der Waals surface area (Å²) in [6.45, 7) is 9.64. The fourth-order valence-electron chi connectivity index (χ4n) is 8.68. The zero-order valence-electron chi connectivity index (χ0n) is 29.2. The van der Waals surface area contributed by atoms with E-state index in [4.69, 9.17) is 11.6 Å². The molecule has 1 aliphatic carbocycles. The Morgan fingerprint density at radius 1 is 0.920 bits per heavy atom. The number of piperidine rings is 2. The van der Waals surface area contributed by atoms with Gasteiger partial charge in [-0.1, -0.05) is 55.3 Å². The van der Waals surface area contributed by atoms with E-state index in [0.717, 1.165) is 55.0 Å². The van der Waals surface area contributed by atoms with Crippen LogP contribution in [0.2, 0.25) is 5.02 Å². The van der Waals surface area contributed by atoms with E-state index in [2.05, 4.69) is 36.2 Å². The van der Waals surface area contributed by atoms with E-state index in [9.17, 15) is 14.4 Å². The van der Waals surface area contributed by atoms with Gasteiger partial charge in [0.25, 0.3) is 11.8 Å². The van der Waals surface area contributed by atoms with Gasteiger partial charge >= 0.3 is 0 Å². The number of fused-ring (bicyclic) bond motifs is 1. The third kappa shape index (κ3) is 7.54. The average Bonchev–Trinajstić information content (AvgIpc) is 3.40. The number of carbonyl (C=O) groups excluding carboxylic acids is 3. The van der Waals surface area contributed by atoms with Crippen LogP contribution in [-0.2, 0) is 22.6 Å². The molecule has 4 heterocycles. The van der Waals surface area contributed by atoms with Gasteiger partial charge in [-0.3, -0.25) is 34.4 Å². The van der Waals surface area contributed by atoms with Crippen molar-refractivity contribution in [2.75, 3.05) is 52.4 Å². The van der Waals surface area contributed by atoms with E-state index in [-0.39, 0.29) is 30.2 Å². The summed E-state index contributed by atoms with van der Waals surface area (Å²) < 4.78 is 31.5. The lowest BCUT2D eigenvalue weighted by atomic mass is 9.72. The minimum Gasteiger partial charge on any atom is -0.322 e. The molecule has 1 N–H and O–H groups in total. The van der Waals surface area contributed by atoms with Crippen molar-refractivity contribution < 1.29 is 23.2 Å². The Kier molecular flexibility index (Phi) is 9.93. The van der Waals surface area contributed by atoms with Crippen molar-refractivity contribution in [3.05, 3.63) is 75.3 Å². The first kappa shape index (κ1) is 35.2. The molecule has 0 bridgehead atoms. The molecule has 50 heavy (non-hydrogen) atoms. The van der Waals surface area contributed by atoms with Crippen LogP contribution in [0.15, 0.2) is 48.0 Å². The maximum atomic E-state index is 15.7. The van der Waals surface area contributed by atoms with E-state index >= 15 is 8.78 Å². The molecule has 5 aliphatic rings. The number of benzene rings is 2. The normalized spacial score (nSPS) is 26.3. The molecular weight excluding hydrogens is 660 g/mol. The first-order valence-corrected chi connectivity index (χ1v) is 18.5. The molecule has 8 nitrogen and oxygen atoms in total. The number of hydrogen-bond donors (Lipinski definition) is 1. The summed E-state index contributed by atoms with van der Waals surface area (Å²) in [6, 6.07) is 12.4. The standard InChI is InChI=1S/C39H48ClF2N5O3/c1-38(2)14-11-28(32(22-38)27-4-6-30(40)7-5-27)23-44-17-19-46(20-18-44)34-13-16-45(25-39(34,41)42)15-12-26-3-8-31-29(21-26)24-47(37(31)50)33-9-10-35(48)43-36(33)49/h3-8,21,33-34H,9-20,22-25H2,1-2H3,(H,43,48,49). The molecule has 2 aromatic carbocycles. The second-order valence-corrected chi connectivity index (χ2v) is 16.2. The van der Waals surface area contributed by atoms with Gasteiger partial charge in [-0.25, -0.2) is 8.78 Å². The Morgan fingerprint density at radius 3 is 2.40 bits per heavy atom. The maximum Gasteiger partial charge on any atom is 0.275 e. The van der Waals surface area contributed by atoms with Gasteiger partial charge < -0.3 is 4.90 Å². The van der Waals surface area contributed by atoms with E-state index in [0.29, 0.717) is 57.5 Å². The molecule has 268 valence electrons. The lowest BCUT2D eigenvalue weighted by Crippen LogP contribution is -2.62. The number of piperazine rings is 1. The highest BCUT2D eigenvalue weighted by Gasteiger charge is 2.48. The molecule has 2 aromatic rings. The largest absolute Gasteiger partial charge is 0.322 e. The molecular formula is C39H48ClF2N5O3. The molecule has 0 aromatic heterocycles. The highest BCUT2D eigenvalue weighted by atomic mass is 35.5. The average molecular weight is 708 g/mol. The predicted molar refractivity (Wildman–Crippen MR) is 190 cm³/mol. The van der Waals surface area contributed by atoms with Crippen molar-refractivity contribution in [1.82, 2.24) is 24.9 Å². The van der Waals surface area contributed by atoms with Crippen molar-refractivity contribution in [1.29, 1.82) is 0 Å². The number of carbonyl (C=O) groups is 3. The highest BCUT2D eigenvalue weighted by molar-refractivity contribution is 6.30. The van der Waals surface area contributed by atoms with Gasteiger partial charge in [-0.2, -0.15) is 0 Å². The number of nitrogens with zero attached hydrogens (tertiary/aromatic N) is 4. The highest BCUT2D eigenvalue weighted by Crippen LogP contribution is 2.43. The van der Waals surface area contributed by atoms with Crippen LogP contribution in [0.25, 0.3) is 5.57 Å². The molecule has 4 aliphatic heterocycles. The fourth-order valence-corrected chi connectivity index (χ4v) is 8.80. The Labute approximate surface area is 298 Å². The van der Waals surface area contributed by atoms with Crippen LogP contribution in [0.4, 0.5) is 8.78 Å². The summed E-state index contributed by atoms with van der Waals surface area (Å²) in [6.07, 6.45) is 4.82. The smallest absolute Gasteiger partial charge is 0.275 e. The number of hydrogen-bond acceptors (Lipinski definition) is 6. The molecule has 0 spiro atoms. The van der Waals surface area contributed by atoms with E-state index in [1.165, 1.54) is 21.6 Å². The predicted octanol–water partition coefficient (Wildman–Crippen LogP) is 5.63. The number of nitrogens with one attached hydrogen (secondary N) is 1. The van der Waals surface area contributed by atoms with Crippen molar-refractivity contribution in [2.24, 2.45) is 5.41 Å². The Morgan fingerprint density at radius 2 is 1.68 bits per heavy atom. The molecule has 3 saturated heterocycles. The lowest BCUT2D eigenvalue weighted by Gasteiger charge is -2.46. The zero-order chi connectivity index (χ0) is 35.2. The van der Waals surface area contributed by atoms with Gasteiger partial charge in [0.15, 0.2) is 0 Å². The first-order chi connectivity index (χ1) is 23.8. The molecule has 0 radical (unpaired) electrons. The van der Waals surface area contributed by atoms with Crippen LogP contribution in [-0.4, -0.2) is 108 Å². The first-order valence-electron chi connectivity index (χ1n) is 18.2. The second kappa shape index (κ2) is 14.1. The summed E-state index contributed by atoms with van der Waals surface area (Å²) in [5, 5.41) is 3.07. The molecule has 7 rings (SSSR count). The molecule has 2 unspecified atom stereocenters. The number of amides is 3. The van der Waals surface area contributed by atoms with Crippen LogP contribution in [0.3, 0.4) is 0 Å². The number of likely N-dealkylation sites (tertiary alicyclic amines) is 1. The van der Waals surface area contributed by atoms with Crippen molar-refractivity contribution in [3.8, 4) is 0 Å². The van der Waals surface area contributed by atoms with Crippen LogP contribution < -0.4 is 5.32 Å². The number of alkyl halides is 2. The van der Waals surface area contributed by atoms with Crippen LogP contribution in [0.5, 0.6) is 0 Å². The van der Waals surface area contributed by atoms with Gasteiger partial charge in [0.2, 0.25) is 11.8 Å². The molecule has 11 heteroatoms. The van der Waals surface area contributed by atoms with Crippen molar-refractivity contribution >= 4 is 34.9 Å². The third-order valence-corrected chi connectivity index (χ3v) is 11.8. The molecule has 2 atom stereocenters. The van der Waals surface area contributed by atoms with Gasteiger partial charge in [0.05, 0.1) is 12.6 Å². The monoisotopic (exact) mass is 707 g/mol. The minimum atomic E-state index is -2.80. The summed E-state index contributed by atoms with van der Waals surface area (Å²) in [4.78, 5) is 44.9. The maximum absolute atomic E-state index is 15.7. The van der Waals surface area contributed by atoms with Gasteiger partial charge in [0.1, 0.15) is 6.04 Å². The summed E-state index contributed by atoms with van der Waals surface area (Å²) >= 11 is 6.19. The number of imide groups is 1. The minimum absolute atomic E-state index is 0.207. The van der Waals surface area contributed by atoms with Gasteiger partial charge in [-0.15, -0.1) is 0 Å². The van der Waals surface area contributed by atoms with E-state index < -0.39 is 23.9 Å². The number of halogens is 3. The second-order valence-electron chi connectivity index (χ2n) is 15.7. The van der Waals surface area contributed by atoms with Crippen LogP contribution in [0.1, 0.15) is 79.4 Å². The topological polar surface area (TPSA) is 76.2 Å². The fraction of sp³-hybridized carbons (Fsp3) is 0.564. The quantitative estimate of drug-likeness (QED) is 0.359. The molecule has 0 saturated carbocycles. The Hall–Kier alpha value is -3.18. The summed E-state index contributed by atoms with van der Waals surface area (Å²) in [5.41, 5.74) is 6.77. The third-order valence-electron chi connectivity index (χ3n) is 11.6. The van der Waals surface area contributed by atoms with E-state index in [1.54, 1.807) is 6.07 Å². The summed E-state index contributed by atoms with van der Waals surface area (Å²) in [5.74, 6) is -3.75. The van der Waals surface area contributed by atoms with Crippen molar-refractivity contribution in [2.45, 2.75) is 83.3 Å². The molecule has 3 fully saturated rings. The van der Waals surface area contributed by atoms with Crippen molar-refractivity contribution in [3.63, 3.8) is 0 Å². The Bertz CT molecular complexity index is 1670. The van der Waals surface area contributed by atoms with Crippen LogP contribution >= 0.6 is 11.6 Å². The van der Waals surface area contributed by atoms with Crippen LogP contribution in [0, 0.1) is 5.41 Å². The van der Waals surface area contributed by atoms with E-state index in [1.807, 2.05) is 34.1 Å². The van der Waals surface area contributed by atoms with Gasteiger partial charge in [0, 0.05) is 69.4 Å². The molecule has 3 amide bonds.